The summed E-state index contributed by atoms with van der Waals surface area (Å²) in [5.41, 5.74) is 0.988. The maximum absolute atomic E-state index is 12.9. The molecule has 0 aromatic heterocycles. The second kappa shape index (κ2) is 52.0. The number of ether oxygens (including phenoxy) is 1. The summed E-state index contributed by atoms with van der Waals surface area (Å²) in [5.74, 6) is 3.79. The Morgan fingerprint density at radius 1 is 0.341 bits per heavy atom. The van der Waals surface area contributed by atoms with Crippen LogP contribution in [0.15, 0.2) is 0 Å². The number of nitrogens with one attached hydrogen (secondary N) is 6. The molecule has 0 saturated carbocycles. The number of likely N-dealkylation sites (N-methyl/N-ethyl adjacent to an activating group) is 7. The van der Waals surface area contributed by atoms with E-state index < -0.39 is 19.7 Å². The minimum atomic E-state index is -3.03. The van der Waals surface area contributed by atoms with Gasteiger partial charge in [-0.1, -0.05) is 155 Å². The van der Waals surface area contributed by atoms with Crippen LogP contribution >= 0.6 is 11.8 Å². The third kappa shape index (κ3) is 35.8. The second-order valence-corrected chi connectivity index (χ2v) is 50.8. The molecule has 0 spiro atoms. The zero-order valence-corrected chi connectivity index (χ0v) is 85.9. The van der Waals surface area contributed by atoms with Gasteiger partial charge in [0, 0.05) is 103 Å². The number of carbonyl (C=O) groups is 6. The second-order valence-electron chi connectivity index (χ2n) is 44.6. The van der Waals surface area contributed by atoms with Crippen molar-refractivity contribution in [3.63, 3.8) is 0 Å². The number of likely N-dealkylation sites (tertiary alicyclic amines) is 8. The average Bonchev–Trinajstić information content (AvgIpc) is 1.26. The van der Waals surface area contributed by atoms with Crippen LogP contribution in [0.25, 0.3) is 0 Å². The molecular weight excluding hydrogens is 1650 g/mol. The van der Waals surface area contributed by atoms with E-state index in [0.717, 1.165) is 194 Å². The van der Waals surface area contributed by atoms with Crippen molar-refractivity contribution in [3.8, 4) is 0 Å². The molecule has 12 unspecified atom stereocenters. The number of hydrogen-bond donors (Lipinski definition) is 6. The van der Waals surface area contributed by atoms with E-state index in [0.29, 0.717) is 74.0 Å². The van der Waals surface area contributed by atoms with Gasteiger partial charge in [0.1, 0.15) is 0 Å². The number of nitrogens with zero attached hydrogens (tertiary/aromatic N) is 8. The smallest absolute Gasteiger partial charge is 0.239 e. The van der Waals surface area contributed by atoms with Crippen LogP contribution in [0.1, 0.15) is 309 Å². The molecule has 0 bridgehead atoms. The number of rotatable bonds is 20. The summed E-state index contributed by atoms with van der Waals surface area (Å²) in [7, 11) is 5.18. The van der Waals surface area contributed by atoms with Gasteiger partial charge in [-0.25, -0.2) is 16.8 Å². The maximum atomic E-state index is 12.9. The highest BCUT2D eigenvalue weighted by atomic mass is 32.2. The van der Waals surface area contributed by atoms with Gasteiger partial charge in [-0.05, 0) is 267 Å². The van der Waals surface area contributed by atoms with Gasteiger partial charge in [-0.15, -0.1) is 0 Å². The van der Waals surface area contributed by atoms with Crippen molar-refractivity contribution in [1.29, 1.82) is 0 Å². The monoisotopic (exact) mass is 1830 g/mol. The van der Waals surface area contributed by atoms with Crippen molar-refractivity contribution in [2.45, 2.75) is 373 Å². The van der Waals surface area contributed by atoms with Crippen molar-refractivity contribution >= 4 is 66.9 Å². The Morgan fingerprint density at radius 2 is 0.675 bits per heavy atom. The standard InChI is InChI=1S/2C18H35N3O.C16H30N2O2.C16H30N2OS.2C15H28N2O3S/c1-5-20-11-7-6-8-15(12-20)13-21-14-18(2,3)10-9-16(19-4)17(21)22;1-5-20-12-8-6-7-9-15(20)13-21-14-18(2,3)11-10-16(19-4)17(21)22;2*1-16(2)9-8-14(17-3)15(19)18(12-16)11-13-7-5-4-6-10-20-13;2*1-15(2)8-7-13(16-3)14(18)17(11-15)10-12-6-4-5-9-21(12,19)20/h2*15-16,19H,5-14H2,1-4H3;2*13-14,17H,4-12H2,1-3H3;2*12-13,16H,4-11H2,1-3H3. The summed E-state index contributed by atoms with van der Waals surface area (Å²) in [4.78, 5) is 93.5. The van der Waals surface area contributed by atoms with Gasteiger partial charge in [0.25, 0.3) is 0 Å². The van der Waals surface area contributed by atoms with Crippen LogP contribution in [-0.2, 0) is 53.2 Å². The topological polar surface area (TPSA) is 278 Å². The number of carbonyl (C=O) groups excluding carboxylic acids is 6. The summed E-state index contributed by atoms with van der Waals surface area (Å²) >= 11 is 2.08. The average molecular weight is 1830 g/mol. The van der Waals surface area contributed by atoms with Crippen LogP contribution < -0.4 is 31.9 Å². The van der Waals surface area contributed by atoms with E-state index in [1.54, 1.807) is 23.9 Å². The first-order valence-electron chi connectivity index (χ1n) is 50.3. The summed E-state index contributed by atoms with van der Waals surface area (Å²) in [6.07, 6.45) is 36.0. The molecule has 28 heteroatoms. The molecule has 12 aliphatic rings. The minimum absolute atomic E-state index is 0.00243. The van der Waals surface area contributed by atoms with Crippen LogP contribution in [0.3, 0.4) is 0 Å². The first-order valence-corrected chi connectivity index (χ1v) is 54.8. The first-order chi connectivity index (χ1) is 59.4. The normalized spacial score (nSPS) is 31.8. The molecule has 6 N–H and O–H groups in total. The molecule has 0 aliphatic carbocycles. The summed E-state index contributed by atoms with van der Waals surface area (Å²) in [5, 5.41) is 18.9. The quantitative estimate of drug-likeness (QED) is 0.0661. The van der Waals surface area contributed by atoms with Crippen molar-refractivity contribution in [2.75, 3.05) is 177 Å². The number of sulfone groups is 2. The SMILES string of the molecule is CCN1CCCCC(CN2CC(C)(C)CCC(NC)C2=O)C1.CCN1CCCCCC1CN1CC(C)(C)CCC(NC)C1=O.CNC1CCC(C)(C)CN(CC2CCCCCO2)C1=O.CNC1CCC(C)(C)CN(CC2CCCCCS2)C1=O.CNC1CCC(C)(C)CN(CC2CCCCS2(=O)=O)C1=O.CNC1CCC(C)(C)CN(CC2CCCCS2(=O)=O)C1=O. The predicted octanol–water partition coefficient (Wildman–Crippen LogP) is 12.3. The van der Waals surface area contributed by atoms with E-state index in [4.69, 9.17) is 4.74 Å². The van der Waals surface area contributed by atoms with E-state index in [2.05, 4.69) is 165 Å². The van der Waals surface area contributed by atoms with E-state index in [1.165, 1.54) is 102 Å². The molecule has 732 valence electrons. The van der Waals surface area contributed by atoms with Crippen LogP contribution in [0, 0.1) is 38.4 Å². The molecular formula is C98H186N14O11S3. The first kappa shape index (κ1) is 110. The minimum Gasteiger partial charge on any atom is -0.376 e. The largest absolute Gasteiger partial charge is 0.376 e. The fourth-order valence-corrected chi connectivity index (χ4v) is 26.8. The van der Waals surface area contributed by atoms with Crippen molar-refractivity contribution in [1.82, 2.24) is 71.1 Å². The Morgan fingerprint density at radius 3 is 1.06 bits per heavy atom. The van der Waals surface area contributed by atoms with Gasteiger partial charge in [0.15, 0.2) is 19.7 Å². The van der Waals surface area contributed by atoms with Crippen LogP contribution in [0.5, 0.6) is 0 Å². The van der Waals surface area contributed by atoms with Gasteiger partial charge < -0.3 is 70.9 Å². The molecule has 12 rings (SSSR count). The van der Waals surface area contributed by atoms with E-state index >= 15 is 0 Å². The molecule has 126 heavy (non-hydrogen) atoms. The van der Waals surface area contributed by atoms with Gasteiger partial charge in [0.05, 0.1) is 64.4 Å². The molecule has 25 nitrogen and oxygen atoms in total. The molecule has 12 aliphatic heterocycles. The highest BCUT2D eigenvalue weighted by Crippen LogP contribution is 2.38. The molecule has 12 fully saturated rings. The summed E-state index contributed by atoms with van der Waals surface area (Å²) in [6, 6.07) is 0.187. The molecule has 0 aromatic rings. The molecule has 12 atom stereocenters. The fourth-order valence-electron chi connectivity index (χ4n) is 21.7. The molecule has 0 aromatic carbocycles. The fraction of sp³-hybridized carbons (Fsp3) is 0.939. The lowest BCUT2D eigenvalue weighted by Gasteiger charge is -2.36. The molecule has 0 radical (unpaired) electrons. The summed E-state index contributed by atoms with van der Waals surface area (Å²) in [6.45, 7) is 47.3. The van der Waals surface area contributed by atoms with Crippen LogP contribution in [-0.4, -0.2) is 333 Å². The Bertz CT molecular complexity index is 3360. The lowest BCUT2D eigenvalue weighted by Crippen LogP contribution is -2.51. The zero-order chi connectivity index (χ0) is 92.9. The van der Waals surface area contributed by atoms with Crippen molar-refractivity contribution in [3.05, 3.63) is 0 Å². The Hall–Kier alpha value is -3.29. The Kier molecular flexibility index (Phi) is 45.3. The molecule has 12 heterocycles. The number of thioether (sulfide) groups is 1. The highest BCUT2D eigenvalue weighted by molar-refractivity contribution is 7.99. The lowest BCUT2D eigenvalue weighted by atomic mass is 9.87. The number of amides is 6. The van der Waals surface area contributed by atoms with Crippen molar-refractivity contribution in [2.24, 2.45) is 38.4 Å². The molecule has 6 amide bonds. The van der Waals surface area contributed by atoms with E-state index in [-0.39, 0.29) is 115 Å². The zero-order valence-electron chi connectivity index (χ0n) is 83.4. The van der Waals surface area contributed by atoms with Gasteiger partial charge >= 0.3 is 0 Å². The summed E-state index contributed by atoms with van der Waals surface area (Å²) < 4.78 is 54.7. The van der Waals surface area contributed by atoms with Gasteiger partial charge in [0.2, 0.25) is 35.4 Å². The van der Waals surface area contributed by atoms with Crippen LogP contribution in [0.4, 0.5) is 0 Å². The van der Waals surface area contributed by atoms with Gasteiger partial charge in [-0.3, -0.25) is 33.7 Å². The van der Waals surface area contributed by atoms with E-state index in [1.807, 2.05) is 33.1 Å². The third-order valence-electron chi connectivity index (χ3n) is 29.9. The molecule has 12 saturated heterocycles. The number of hydrogen-bond acceptors (Lipinski definition) is 20. The Balaban J connectivity index is 0.000000208. The highest BCUT2D eigenvalue weighted by Gasteiger charge is 2.44. The van der Waals surface area contributed by atoms with Crippen LogP contribution in [0.2, 0.25) is 0 Å². The Labute approximate surface area is 772 Å². The van der Waals surface area contributed by atoms with Gasteiger partial charge in [-0.2, -0.15) is 11.8 Å². The van der Waals surface area contributed by atoms with Crippen molar-refractivity contribution < 1.29 is 50.3 Å². The maximum Gasteiger partial charge on any atom is 0.239 e. The lowest BCUT2D eigenvalue weighted by molar-refractivity contribution is -0.136. The van der Waals surface area contributed by atoms with E-state index in [9.17, 15) is 45.6 Å². The third-order valence-corrected chi connectivity index (χ3v) is 35.8. The predicted molar refractivity (Wildman–Crippen MR) is 519 cm³/mol.